The van der Waals surface area contributed by atoms with Gasteiger partial charge in [-0.3, -0.25) is 4.79 Å². The molecule has 0 aliphatic heterocycles. The standard InChI is InChI=1S/C13H13FO/c14-12-6-3-4-10(9-12)8-11-5-1-2-7-13(11)15/h3-4,6,8-9H,1-2,5,7H2/b11-8-. The van der Waals surface area contributed by atoms with E-state index in [-0.39, 0.29) is 11.6 Å². The van der Waals surface area contributed by atoms with E-state index in [1.807, 2.05) is 12.1 Å². The summed E-state index contributed by atoms with van der Waals surface area (Å²) >= 11 is 0. The minimum Gasteiger partial charge on any atom is -0.295 e. The molecule has 0 aromatic heterocycles. The third-order valence-corrected chi connectivity index (χ3v) is 2.65. The van der Waals surface area contributed by atoms with Gasteiger partial charge in [0.15, 0.2) is 5.78 Å². The van der Waals surface area contributed by atoms with E-state index < -0.39 is 0 Å². The molecule has 1 fully saturated rings. The van der Waals surface area contributed by atoms with Crippen LogP contribution < -0.4 is 0 Å². The van der Waals surface area contributed by atoms with Crippen molar-refractivity contribution < 1.29 is 9.18 Å². The molecule has 0 unspecified atom stereocenters. The van der Waals surface area contributed by atoms with Gasteiger partial charge in [0.25, 0.3) is 0 Å². The fourth-order valence-corrected chi connectivity index (χ4v) is 1.85. The van der Waals surface area contributed by atoms with Crippen LogP contribution in [-0.4, -0.2) is 5.78 Å². The van der Waals surface area contributed by atoms with Gasteiger partial charge in [-0.2, -0.15) is 0 Å². The molecule has 15 heavy (non-hydrogen) atoms. The maximum atomic E-state index is 12.9. The Hall–Kier alpha value is -1.44. The number of benzene rings is 1. The smallest absolute Gasteiger partial charge is 0.158 e. The second-order valence-corrected chi connectivity index (χ2v) is 3.85. The van der Waals surface area contributed by atoms with Crippen LogP contribution in [0.15, 0.2) is 29.8 Å². The van der Waals surface area contributed by atoms with E-state index in [2.05, 4.69) is 0 Å². The molecular formula is C13H13FO. The normalized spacial score (nSPS) is 19.5. The lowest BCUT2D eigenvalue weighted by Crippen LogP contribution is -2.07. The Morgan fingerprint density at radius 3 is 2.73 bits per heavy atom. The van der Waals surface area contributed by atoms with Crippen molar-refractivity contribution in [2.75, 3.05) is 0 Å². The summed E-state index contributed by atoms with van der Waals surface area (Å²) in [7, 11) is 0. The van der Waals surface area contributed by atoms with Crippen molar-refractivity contribution in [3.05, 3.63) is 41.2 Å². The summed E-state index contributed by atoms with van der Waals surface area (Å²) in [5.41, 5.74) is 1.62. The number of carbonyl (C=O) groups is 1. The van der Waals surface area contributed by atoms with Gasteiger partial charge >= 0.3 is 0 Å². The largest absolute Gasteiger partial charge is 0.295 e. The number of halogens is 1. The molecule has 0 radical (unpaired) electrons. The second kappa shape index (κ2) is 4.39. The van der Waals surface area contributed by atoms with Crippen LogP contribution in [-0.2, 0) is 4.79 Å². The summed E-state index contributed by atoms with van der Waals surface area (Å²) in [6, 6.07) is 6.34. The minimum absolute atomic E-state index is 0.213. The molecule has 0 saturated heterocycles. The summed E-state index contributed by atoms with van der Waals surface area (Å²) in [5, 5.41) is 0. The van der Waals surface area contributed by atoms with Crippen molar-refractivity contribution in [2.45, 2.75) is 25.7 Å². The first-order valence-corrected chi connectivity index (χ1v) is 5.25. The zero-order valence-corrected chi connectivity index (χ0v) is 8.50. The van der Waals surface area contributed by atoms with Gasteiger partial charge in [0.05, 0.1) is 0 Å². The molecule has 1 aromatic carbocycles. The van der Waals surface area contributed by atoms with E-state index in [9.17, 15) is 9.18 Å². The first-order chi connectivity index (χ1) is 7.25. The Balaban J connectivity index is 2.25. The summed E-state index contributed by atoms with van der Waals surface area (Å²) < 4.78 is 12.9. The highest BCUT2D eigenvalue weighted by Gasteiger charge is 2.14. The van der Waals surface area contributed by atoms with Crippen molar-refractivity contribution >= 4 is 11.9 Å². The zero-order valence-electron chi connectivity index (χ0n) is 8.50. The highest BCUT2D eigenvalue weighted by atomic mass is 19.1. The lowest BCUT2D eigenvalue weighted by atomic mass is 9.92. The maximum Gasteiger partial charge on any atom is 0.158 e. The molecule has 2 rings (SSSR count). The Bertz CT molecular complexity index is 407. The van der Waals surface area contributed by atoms with Crippen molar-refractivity contribution in [1.82, 2.24) is 0 Å². The Morgan fingerprint density at radius 1 is 1.20 bits per heavy atom. The van der Waals surface area contributed by atoms with Crippen LogP contribution in [0, 0.1) is 5.82 Å². The van der Waals surface area contributed by atoms with Gasteiger partial charge in [0.1, 0.15) is 5.82 Å². The summed E-state index contributed by atoms with van der Waals surface area (Å²) in [6.07, 6.45) is 5.33. The van der Waals surface area contributed by atoms with Gasteiger partial charge < -0.3 is 0 Å². The number of rotatable bonds is 1. The zero-order chi connectivity index (χ0) is 10.7. The van der Waals surface area contributed by atoms with Crippen LogP contribution in [0.2, 0.25) is 0 Å². The number of allylic oxidation sites excluding steroid dienone is 1. The second-order valence-electron chi connectivity index (χ2n) is 3.85. The Kier molecular flexibility index (Phi) is 2.95. The van der Waals surface area contributed by atoms with Gasteiger partial charge in [0.2, 0.25) is 0 Å². The third kappa shape index (κ3) is 2.52. The predicted octanol–water partition coefficient (Wildman–Crippen LogP) is 3.35. The van der Waals surface area contributed by atoms with Gasteiger partial charge in [0, 0.05) is 6.42 Å². The van der Waals surface area contributed by atoms with Crippen LogP contribution >= 0.6 is 0 Å². The summed E-state index contributed by atoms with van der Waals surface area (Å²) in [5.74, 6) is -0.0434. The molecule has 0 amide bonds. The SMILES string of the molecule is O=C1CCCC/C1=C/c1cccc(F)c1. The van der Waals surface area contributed by atoms with Crippen molar-refractivity contribution in [3.63, 3.8) is 0 Å². The molecule has 2 heteroatoms. The molecule has 1 nitrogen and oxygen atoms in total. The fourth-order valence-electron chi connectivity index (χ4n) is 1.85. The quantitative estimate of drug-likeness (QED) is 0.641. The lowest BCUT2D eigenvalue weighted by molar-refractivity contribution is -0.116. The number of carbonyl (C=O) groups excluding carboxylic acids is 1. The monoisotopic (exact) mass is 204 g/mol. The molecule has 0 heterocycles. The average Bonchev–Trinajstić information content (AvgIpc) is 2.22. The predicted molar refractivity (Wildman–Crippen MR) is 57.9 cm³/mol. The number of Topliss-reactive ketones (excluding diaryl/α,β-unsaturated/α-hetero) is 1. The van der Waals surface area contributed by atoms with E-state index >= 15 is 0 Å². The Labute approximate surface area is 88.6 Å². The van der Waals surface area contributed by atoms with Crippen LogP contribution in [0.5, 0.6) is 0 Å². The molecule has 0 spiro atoms. The number of ketones is 1. The van der Waals surface area contributed by atoms with Gasteiger partial charge in [-0.25, -0.2) is 4.39 Å². The van der Waals surface area contributed by atoms with Crippen molar-refractivity contribution in [1.29, 1.82) is 0 Å². The fraction of sp³-hybridized carbons (Fsp3) is 0.308. The first-order valence-electron chi connectivity index (χ1n) is 5.25. The van der Waals surface area contributed by atoms with Gasteiger partial charge in [-0.1, -0.05) is 12.1 Å². The van der Waals surface area contributed by atoms with E-state index in [1.165, 1.54) is 12.1 Å². The highest BCUT2D eigenvalue weighted by Crippen LogP contribution is 2.22. The van der Waals surface area contributed by atoms with E-state index in [1.54, 1.807) is 6.07 Å². The lowest BCUT2D eigenvalue weighted by Gasteiger charge is -2.12. The van der Waals surface area contributed by atoms with Crippen LogP contribution in [0.4, 0.5) is 4.39 Å². The molecule has 78 valence electrons. The van der Waals surface area contributed by atoms with Crippen molar-refractivity contribution in [3.8, 4) is 0 Å². The van der Waals surface area contributed by atoms with Crippen LogP contribution in [0.3, 0.4) is 0 Å². The average molecular weight is 204 g/mol. The molecule has 0 bridgehead atoms. The van der Waals surface area contributed by atoms with E-state index in [0.717, 1.165) is 30.4 Å². The van der Waals surface area contributed by atoms with Crippen LogP contribution in [0.25, 0.3) is 6.08 Å². The molecule has 0 N–H and O–H groups in total. The molecule has 1 aliphatic carbocycles. The van der Waals surface area contributed by atoms with Gasteiger partial charge in [-0.15, -0.1) is 0 Å². The molecule has 1 aromatic rings. The third-order valence-electron chi connectivity index (χ3n) is 2.65. The molecular weight excluding hydrogens is 191 g/mol. The van der Waals surface area contributed by atoms with Crippen LogP contribution in [0.1, 0.15) is 31.2 Å². The Morgan fingerprint density at radius 2 is 2.00 bits per heavy atom. The number of hydrogen-bond donors (Lipinski definition) is 0. The summed E-state index contributed by atoms with van der Waals surface area (Å²) in [4.78, 5) is 11.5. The first kappa shape index (κ1) is 10.1. The van der Waals surface area contributed by atoms with E-state index in [0.29, 0.717) is 6.42 Å². The summed E-state index contributed by atoms with van der Waals surface area (Å²) in [6.45, 7) is 0. The molecule has 0 atom stereocenters. The molecule has 1 aliphatic rings. The minimum atomic E-state index is -0.257. The maximum absolute atomic E-state index is 12.9. The highest BCUT2D eigenvalue weighted by molar-refractivity contribution is 6.00. The van der Waals surface area contributed by atoms with Gasteiger partial charge in [-0.05, 0) is 48.6 Å². The number of hydrogen-bond acceptors (Lipinski definition) is 1. The topological polar surface area (TPSA) is 17.1 Å². The molecule has 1 saturated carbocycles. The van der Waals surface area contributed by atoms with E-state index in [4.69, 9.17) is 0 Å². The van der Waals surface area contributed by atoms with Crippen molar-refractivity contribution in [2.24, 2.45) is 0 Å².